The molecular weight excluding hydrogens is 438 g/mol. The molecule has 3 rings (SSSR count). The Morgan fingerprint density at radius 2 is 1.77 bits per heavy atom. The van der Waals surface area contributed by atoms with Crippen molar-refractivity contribution in [2.24, 2.45) is 11.7 Å². The van der Waals surface area contributed by atoms with Crippen LogP contribution in [0.5, 0.6) is 0 Å². The van der Waals surface area contributed by atoms with Crippen molar-refractivity contribution >= 4 is 22.9 Å². The number of alkyl carbamates (subject to hydrolysis) is 1. The first-order chi connectivity index (χ1) is 16.4. The average Bonchev–Trinajstić information content (AvgIpc) is 2.75. The number of benzene rings is 2. The van der Waals surface area contributed by atoms with Gasteiger partial charge in [-0.1, -0.05) is 49.7 Å². The number of carbonyl (C=O) groups is 2. The number of aromatic nitrogens is 1. The highest BCUT2D eigenvalue weighted by Gasteiger charge is 2.21. The summed E-state index contributed by atoms with van der Waals surface area (Å²) >= 11 is 0. The number of hydrogen-bond donors (Lipinski definition) is 2. The molecule has 2 aromatic carbocycles. The van der Waals surface area contributed by atoms with E-state index in [1.165, 1.54) is 5.56 Å². The summed E-state index contributed by atoms with van der Waals surface area (Å²) in [7, 11) is 0. The van der Waals surface area contributed by atoms with Gasteiger partial charge in [-0.2, -0.15) is 0 Å². The molecule has 0 radical (unpaired) electrons. The Kier molecular flexibility index (Phi) is 8.15. The number of carbonyl (C=O) groups excluding carboxylic acids is 2. The zero-order chi connectivity index (χ0) is 25.8. The van der Waals surface area contributed by atoms with Gasteiger partial charge in [0.2, 0.25) is 5.91 Å². The summed E-state index contributed by atoms with van der Waals surface area (Å²) in [6.07, 6.45) is 1.15. The molecule has 2 amide bonds. The van der Waals surface area contributed by atoms with Gasteiger partial charge in [0.05, 0.1) is 5.52 Å². The summed E-state index contributed by atoms with van der Waals surface area (Å²) in [5, 5.41) is 3.84. The van der Waals surface area contributed by atoms with Crippen molar-refractivity contribution in [1.29, 1.82) is 0 Å². The topological polar surface area (TPSA) is 94.3 Å². The molecule has 35 heavy (non-hydrogen) atoms. The van der Waals surface area contributed by atoms with Crippen molar-refractivity contribution < 1.29 is 14.3 Å². The molecule has 1 aromatic heterocycles. The van der Waals surface area contributed by atoms with E-state index in [9.17, 15) is 9.59 Å². The molecular formula is C29H37N3O3. The van der Waals surface area contributed by atoms with Crippen molar-refractivity contribution in [3.8, 4) is 11.1 Å². The van der Waals surface area contributed by atoms with Gasteiger partial charge in [-0.3, -0.25) is 9.78 Å². The van der Waals surface area contributed by atoms with E-state index in [1.807, 2.05) is 32.9 Å². The molecule has 3 N–H and O–H groups in total. The molecule has 0 aliphatic carbocycles. The maximum Gasteiger partial charge on any atom is 0.407 e. The summed E-state index contributed by atoms with van der Waals surface area (Å²) < 4.78 is 5.72. The van der Waals surface area contributed by atoms with Crippen molar-refractivity contribution in [2.75, 3.05) is 0 Å². The van der Waals surface area contributed by atoms with Gasteiger partial charge in [0.15, 0.2) is 0 Å². The predicted molar refractivity (Wildman–Crippen MR) is 141 cm³/mol. The zero-order valence-corrected chi connectivity index (χ0v) is 21.7. The third kappa shape index (κ3) is 7.28. The van der Waals surface area contributed by atoms with Gasteiger partial charge in [-0.05, 0) is 75.3 Å². The molecule has 0 aliphatic rings. The molecule has 6 nitrogen and oxygen atoms in total. The number of ether oxygens (including phenoxy) is 1. The minimum atomic E-state index is -0.460. The lowest BCUT2D eigenvalue weighted by molar-refractivity contribution is -0.117. The molecule has 6 heteroatoms. The lowest BCUT2D eigenvalue weighted by atomic mass is 9.90. The Bertz CT molecular complexity index is 1210. The Morgan fingerprint density at radius 3 is 2.37 bits per heavy atom. The molecule has 0 saturated carbocycles. The molecule has 186 valence electrons. The summed E-state index contributed by atoms with van der Waals surface area (Å²) in [6.45, 7) is 12.2. The number of aryl methyl sites for hydroxylation is 2. The highest BCUT2D eigenvalue weighted by molar-refractivity contribution is 5.97. The van der Waals surface area contributed by atoms with Gasteiger partial charge >= 0.3 is 6.09 Å². The van der Waals surface area contributed by atoms with Crippen molar-refractivity contribution in [3.63, 3.8) is 0 Å². The van der Waals surface area contributed by atoms with Crippen LogP contribution in [-0.2, 0) is 29.0 Å². The van der Waals surface area contributed by atoms with Gasteiger partial charge in [0.25, 0.3) is 0 Å². The minimum absolute atomic E-state index is 0.113. The van der Waals surface area contributed by atoms with Gasteiger partial charge in [-0.25, -0.2) is 4.79 Å². The highest BCUT2D eigenvalue weighted by Crippen LogP contribution is 2.35. The van der Waals surface area contributed by atoms with Crippen molar-refractivity contribution in [3.05, 3.63) is 64.8 Å². The number of nitrogens with two attached hydrogens (primary N) is 1. The average molecular weight is 476 g/mol. The largest absolute Gasteiger partial charge is 0.445 e. The van der Waals surface area contributed by atoms with E-state index in [0.717, 1.165) is 45.3 Å². The minimum Gasteiger partial charge on any atom is -0.445 e. The molecule has 0 unspecified atom stereocenters. The number of nitrogens with zero attached hydrogens (tertiary/aromatic N) is 1. The van der Waals surface area contributed by atoms with Gasteiger partial charge < -0.3 is 15.8 Å². The molecule has 0 aliphatic heterocycles. The molecule has 0 bridgehead atoms. The highest BCUT2D eigenvalue weighted by atomic mass is 16.5. The fraction of sp³-hybridized carbons (Fsp3) is 0.414. The molecule has 0 fully saturated rings. The van der Waals surface area contributed by atoms with Crippen LogP contribution in [0.4, 0.5) is 4.79 Å². The van der Waals surface area contributed by atoms with E-state index in [0.29, 0.717) is 12.3 Å². The second-order valence-electron chi connectivity index (χ2n) is 10.6. The normalized spacial score (nSPS) is 11.6. The SMILES string of the molecule is Cc1ccc(-c2c(COC(=O)NC(C)(C)C)c(CC(C)C)nc3ccc(CCC(N)=O)cc23)cc1. The summed E-state index contributed by atoms with van der Waals surface area (Å²) in [4.78, 5) is 28.9. The van der Waals surface area contributed by atoms with Crippen LogP contribution in [0.2, 0.25) is 0 Å². The van der Waals surface area contributed by atoms with Crippen LogP contribution < -0.4 is 11.1 Å². The van der Waals surface area contributed by atoms with Crippen molar-refractivity contribution in [2.45, 2.75) is 73.0 Å². The Morgan fingerprint density at radius 1 is 1.09 bits per heavy atom. The maximum atomic E-state index is 12.5. The summed E-state index contributed by atoms with van der Waals surface area (Å²) in [6, 6.07) is 14.4. The second kappa shape index (κ2) is 10.9. The molecule has 0 atom stereocenters. The number of rotatable bonds is 8. The first-order valence-corrected chi connectivity index (χ1v) is 12.2. The second-order valence-corrected chi connectivity index (χ2v) is 10.6. The first-order valence-electron chi connectivity index (χ1n) is 12.2. The third-order valence-electron chi connectivity index (χ3n) is 5.66. The molecule has 3 aromatic rings. The van der Waals surface area contributed by atoms with E-state index in [-0.39, 0.29) is 18.9 Å². The summed E-state index contributed by atoms with van der Waals surface area (Å²) in [5.74, 6) is 0.0519. The number of primary amides is 1. The Hall–Kier alpha value is -3.41. The van der Waals surface area contributed by atoms with E-state index in [1.54, 1.807) is 0 Å². The lowest BCUT2D eigenvalue weighted by Crippen LogP contribution is -2.40. The fourth-order valence-corrected chi connectivity index (χ4v) is 4.06. The fourth-order valence-electron chi connectivity index (χ4n) is 4.06. The predicted octanol–water partition coefficient (Wildman–Crippen LogP) is 5.85. The van der Waals surface area contributed by atoms with Crippen LogP contribution in [-0.4, -0.2) is 22.5 Å². The lowest BCUT2D eigenvalue weighted by Gasteiger charge is -2.22. The van der Waals surface area contributed by atoms with E-state index in [2.05, 4.69) is 56.4 Å². The number of pyridine rings is 1. The zero-order valence-electron chi connectivity index (χ0n) is 21.7. The number of amides is 2. The van der Waals surface area contributed by atoms with Gasteiger partial charge in [-0.15, -0.1) is 0 Å². The number of hydrogen-bond acceptors (Lipinski definition) is 4. The monoisotopic (exact) mass is 475 g/mol. The van der Waals surface area contributed by atoms with Gasteiger partial charge in [0, 0.05) is 28.6 Å². The van der Waals surface area contributed by atoms with E-state index in [4.69, 9.17) is 15.5 Å². The Labute approximate surface area is 208 Å². The van der Waals surface area contributed by atoms with Crippen LogP contribution in [0.1, 0.15) is 63.4 Å². The van der Waals surface area contributed by atoms with Crippen LogP contribution in [0.15, 0.2) is 42.5 Å². The number of nitrogens with one attached hydrogen (secondary N) is 1. The molecule has 1 heterocycles. The van der Waals surface area contributed by atoms with Crippen LogP contribution in [0.25, 0.3) is 22.0 Å². The molecule has 0 spiro atoms. The first kappa shape index (κ1) is 26.2. The Balaban J connectivity index is 2.19. The van der Waals surface area contributed by atoms with E-state index < -0.39 is 11.6 Å². The number of fused-ring (bicyclic) bond motifs is 1. The van der Waals surface area contributed by atoms with Crippen molar-refractivity contribution in [1.82, 2.24) is 10.3 Å². The van der Waals surface area contributed by atoms with E-state index >= 15 is 0 Å². The van der Waals surface area contributed by atoms with Crippen LogP contribution in [0.3, 0.4) is 0 Å². The summed E-state index contributed by atoms with van der Waals surface area (Å²) in [5.41, 5.74) is 11.9. The standard InChI is InChI=1S/C29H37N3O3/c1-18(2)15-25-23(17-35-28(34)32-29(4,5)6)27(21-11-7-19(3)8-12-21)22-16-20(10-14-26(30)33)9-13-24(22)31-25/h7-9,11-13,16,18H,10,14-15,17H2,1-6H3,(H2,30,33)(H,32,34). The molecule has 0 saturated heterocycles. The van der Waals surface area contributed by atoms with Crippen LogP contribution in [0, 0.1) is 12.8 Å². The maximum absolute atomic E-state index is 12.5. The smallest absolute Gasteiger partial charge is 0.407 e. The third-order valence-corrected chi connectivity index (χ3v) is 5.66. The quantitative estimate of drug-likeness (QED) is 0.427. The van der Waals surface area contributed by atoms with Gasteiger partial charge in [0.1, 0.15) is 6.61 Å². The van der Waals surface area contributed by atoms with Crippen LogP contribution >= 0.6 is 0 Å².